The zero-order valence-electron chi connectivity index (χ0n) is 8.29. The van der Waals surface area contributed by atoms with E-state index in [0.717, 1.165) is 13.0 Å². The third-order valence-corrected chi connectivity index (χ3v) is 2.64. The highest BCUT2D eigenvalue weighted by molar-refractivity contribution is 5.31. The summed E-state index contributed by atoms with van der Waals surface area (Å²) in [5, 5.41) is 0. The molecule has 0 saturated heterocycles. The van der Waals surface area contributed by atoms with Gasteiger partial charge in [-0.25, -0.2) is 0 Å². The van der Waals surface area contributed by atoms with E-state index in [0.29, 0.717) is 12.0 Å². The quantitative estimate of drug-likeness (QED) is 0.639. The van der Waals surface area contributed by atoms with E-state index >= 15 is 0 Å². The summed E-state index contributed by atoms with van der Waals surface area (Å²) in [7, 11) is 0. The largest absolute Gasteiger partial charge is 0.373 e. The van der Waals surface area contributed by atoms with Gasteiger partial charge < -0.3 is 4.74 Å². The summed E-state index contributed by atoms with van der Waals surface area (Å²) in [6.45, 7) is 5.30. The molecule has 0 unspecified atom stereocenters. The maximum absolute atomic E-state index is 5.77. The molecule has 1 aromatic rings. The highest BCUT2D eigenvalue weighted by Crippen LogP contribution is 2.32. The molecule has 0 radical (unpaired) electrons. The number of hydrogen-bond acceptors (Lipinski definition) is 1. The van der Waals surface area contributed by atoms with E-state index < -0.39 is 0 Å². The summed E-state index contributed by atoms with van der Waals surface area (Å²) >= 11 is 0. The molecule has 1 aliphatic heterocycles. The van der Waals surface area contributed by atoms with Gasteiger partial charge in [-0.1, -0.05) is 38.1 Å². The van der Waals surface area contributed by atoms with Crippen molar-refractivity contribution in [2.45, 2.75) is 26.4 Å². The first-order chi connectivity index (χ1) is 6.29. The molecule has 1 heterocycles. The number of benzene rings is 1. The molecule has 0 aromatic heterocycles. The molecule has 1 atom stereocenters. The summed E-state index contributed by atoms with van der Waals surface area (Å²) in [4.78, 5) is 0. The van der Waals surface area contributed by atoms with Gasteiger partial charge in [0.2, 0.25) is 0 Å². The van der Waals surface area contributed by atoms with E-state index in [2.05, 4.69) is 38.1 Å². The first-order valence-corrected chi connectivity index (χ1v) is 4.98. The van der Waals surface area contributed by atoms with Gasteiger partial charge in [0.05, 0.1) is 12.7 Å². The fraction of sp³-hybridized carbons (Fsp3) is 0.500. The molecule has 0 fully saturated rings. The topological polar surface area (TPSA) is 9.23 Å². The van der Waals surface area contributed by atoms with Crippen LogP contribution < -0.4 is 0 Å². The second-order valence-electron chi connectivity index (χ2n) is 3.98. The number of hydrogen-bond donors (Lipinski definition) is 0. The molecule has 0 bridgehead atoms. The molecule has 0 N–H and O–H groups in total. The van der Waals surface area contributed by atoms with E-state index in [9.17, 15) is 0 Å². The molecule has 2 rings (SSSR count). The number of fused-ring (bicyclic) bond motifs is 1. The van der Waals surface area contributed by atoms with Crippen LogP contribution in [0.5, 0.6) is 0 Å². The average Bonchev–Trinajstić information content (AvgIpc) is 2.17. The van der Waals surface area contributed by atoms with Crippen LogP contribution in [0.1, 0.15) is 31.1 Å². The third kappa shape index (κ3) is 1.61. The van der Waals surface area contributed by atoms with Crippen molar-refractivity contribution >= 4 is 0 Å². The Labute approximate surface area is 79.7 Å². The minimum absolute atomic E-state index is 0.310. The first kappa shape index (κ1) is 8.76. The number of ether oxygens (including phenoxy) is 1. The molecule has 0 aliphatic carbocycles. The maximum Gasteiger partial charge on any atom is 0.0850 e. The van der Waals surface area contributed by atoms with Crippen LogP contribution in [0.2, 0.25) is 0 Å². The first-order valence-electron chi connectivity index (χ1n) is 4.98. The molecule has 0 spiro atoms. The Hall–Kier alpha value is -0.820. The summed E-state index contributed by atoms with van der Waals surface area (Å²) in [5.74, 6) is 0.571. The second kappa shape index (κ2) is 3.51. The van der Waals surface area contributed by atoms with E-state index in [1.54, 1.807) is 0 Å². The molecule has 1 nitrogen and oxygen atoms in total. The highest BCUT2D eigenvalue weighted by Gasteiger charge is 2.22. The van der Waals surface area contributed by atoms with Gasteiger partial charge in [0.25, 0.3) is 0 Å². The van der Waals surface area contributed by atoms with E-state index in [1.807, 2.05) is 0 Å². The Kier molecular flexibility index (Phi) is 2.36. The molecular weight excluding hydrogens is 160 g/mol. The Balaban J connectivity index is 2.37. The van der Waals surface area contributed by atoms with Crippen molar-refractivity contribution in [2.24, 2.45) is 5.92 Å². The lowest BCUT2D eigenvalue weighted by molar-refractivity contribution is 0.0114. The maximum atomic E-state index is 5.77. The van der Waals surface area contributed by atoms with Crippen molar-refractivity contribution in [3.63, 3.8) is 0 Å². The van der Waals surface area contributed by atoms with Gasteiger partial charge in [-0.2, -0.15) is 0 Å². The van der Waals surface area contributed by atoms with Gasteiger partial charge in [-0.3, -0.25) is 0 Å². The van der Waals surface area contributed by atoms with Gasteiger partial charge in [-0.05, 0) is 23.5 Å². The van der Waals surface area contributed by atoms with Gasteiger partial charge in [0.15, 0.2) is 0 Å². The second-order valence-corrected chi connectivity index (χ2v) is 3.98. The Morgan fingerprint density at radius 3 is 2.85 bits per heavy atom. The van der Waals surface area contributed by atoms with Crippen LogP contribution in [0, 0.1) is 5.92 Å². The summed E-state index contributed by atoms with van der Waals surface area (Å²) < 4.78 is 5.77. The predicted octanol–water partition coefficient (Wildman–Crippen LogP) is 2.96. The van der Waals surface area contributed by atoms with E-state index in [-0.39, 0.29) is 0 Å². The van der Waals surface area contributed by atoms with E-state index in [4.69, 9.17) is 4.74 Å². The molecule has 1 heteroatoms. The van der Waals surface area contributed by atoms with Crippen molar-refractivity contribution in [3.05, 3.63) is 35.4 Å². The van der Waals surface area contributed by atoms with Crippen LogP contribution in [0.3, 0.4) is 0 Å². The van der Waals surface area contributed by atoms with Crippen molar-refractivity contribution in [1.29, 1.82) is 0 Å². The zero-order chi connectivity index (χ0) is 9.26. The summed E-state index contributed by atoms with van der Waals surface area (Å²) in [5.41, 5.74) is 2.86. The molecular formula is C12H16O. The third-order valence-electron chi connectivity index (χ3n) is 2.64. The van der Waals surface area contributed by atoms with E-state index in [1.165, 1.54) is 11.1 Å². The van der Waals surface area contributed by atoms with Crippen molar-refractivity contribution in [1.82, 2.24) is 0 Å². The fourth-order valence-electron chi connectivity index (χ4n) is 1.98. The van der Waals surface area contributed by atoms with Crippen LogP contribution in [-0.2, 0) is 11.2 Å². The minimum Gasteiger partial charge on any atom is -0.373 e. The molecule has 70 valence electrons. The lowest BCUT2D eigenvalue weighted by Crippen LogP contribution is -2.20. The van der Waals surface area contributed by atoms with Gasteiger partial charge in [0, 0.05) is 0 Å². The SMILES string of the molecule is CC(C)[C@H]1OCCc2ccccc21. The molecule has 1 aromatic carbocycles. The van der Waals surface area contributed by atoms with Crippen LogP contribution in [0.15, 0.2) is 24.3 Å². The lowest BCUT2D eigenvalue weighted by atomic mass is 9.91. The lowest BCUT2D eigenvalue weighted by Gasteiger charge is -2.28. The summed E-state index contributed by atoms with van der Waals surface area (Å²) in [6.07, 6.45) is 1.38. The normalized spacial score (nSPS) is 21.6. The predicted molar refractivity (Wildman–Crippen MR) is 53.7 cm³/mol. The fourth-order valence-corrected chi connectivity index (χ4v) is 1.98. The smallest absolute Gasteiger partial charge is 0.0850 e. The van der Waals surface area contributed by atoms with Gasteiger partial charge in [0.1, 0.15) is 0 Å². The molecule has 0 amide bonds. The van der Waals surface area contributed by atoms with Crippen LogP contribution in [0.4, 0.5) is 0 Å². The molecule has 0 saturated carbocycles. The molecule has 13 heavy (non-hydrogen) atoms. The van der Waals surface area contributed by atoms with Crippen molar-refractivity contribution in [3.8, 4) is 0 Å². The zero-order valence-corrected chi connectivity index (χ0v) is 8.29. The Morgan fingerprint density at radius 2 is 2.08 bits per heavy atom. The van der Waals surface area contributed by atoms with Crippen LogP contribution >= 0.6 is 0 Å². The van der Waals surface area contributed by atoms with Gasteiger partial charge in [-0.15, -0.1) is 0 Å². The Morgan fingerprint density at radius 1 is 1.31 bits per heavy atom. The minimum atomic E-state index is 0.310. The number of rotatable bonds is 1. The van der Waals surface area contributed by atoms with Crippen molar-refractivity contribution < 1.29 is 4.74 Å². The highest BCUT2D eigenvalue weighted by atomic mass is 16.5. The van der Waals surface area contributed by atoms with Gasteiger partial charge >= 0.3 is 0 Å². The molecule has 1 aliphatic rings. The monoisotopic (exact) mass is 176 g/mol. The Bertz CT molecular complexity index is 291. The standard InChI is InChI=1S/C12H16O/c1-9(2)12-11-6-4-3-5-10(11)7-8-13-12/h3-6,9,12H,7-8H2,1-2H3/t12-/m1/s1. The van der Waals surface area contributed by atoms with Crippen molar-refractivity contribution in [2.75, 3.05) is 6.61 Å². The average molecular weight is 176 g/mol. The summed E-state index contributed by atoms with van der Waals surface area (Å²) in [6, 6.07) is 8.62. The van der Waals surface area contributed by atoms with Crippen LogP contribution in [0.25, 0.3) is 0 Å². The van der Waals surface area contributed by atoms with Crippen LogP contribution in [-0.4, -0.2) is 6.61 Å².